The number of ether oxygens (including phenoxy) is 2. The third-order valence-corrected chi connectivity index (χ3v) is 7.15. The number of hydrogen-bond donors (Lipinski definition) is 0. The molecule has 170 valence electrons. The van der Waals surface area contributed by atoms with Crippen molar-refractivity contribution in [2.24, 2.45) is 5.92 Å². The highest BCUT2D eigenvalue weighted by atomic mass is 16.5. The minimum atomic E-state index is 0.236. The lowest BCUT2D eigenvalue weighted by Crippen LogP contribution is -2.52. The predicted molar refractivity (Wildman–Crippen MR) is 123 cm³/mol. The monoisotopic (exact) mass is 427 g/mol. The van der Waals surface area contributed by atoms with Crippen LogP contribution >= 0.6 is 0 Å². The highest BCUT2D eigenvalue weighted by Gasteiger charge is 2.34. The molecule has 0 N–H and O–H groups in total. The van der Waals surface area contributed by atoms with Gasteiger partial charge in [-0.15, -0.1) is 0 Å². The van der Waals surface area contributed by atoms with E-state index >= 15 is 0 Å². The van der Waals surface area contributed by atoms with Crippen LogP contribution < -0.4 is 4.74 Å². The highest BCUT2D eigenvalue weighted by Crippen LogP contribution is 2.31. The van der Waals surface area contributed by atoms with Gasteiger partial charge < -0.3 is 23.8 Å². The number of hydrogen-bond acceptors (Lipinski definition) is 4. The number of amides is 1. The number of piperidine rings is 2. The molecule has 6 heteroatoms. The first kappa shape index (κ1) is 22.2. The molecule has 2 fully saturated rings. The second kappa shape index (κ2) is 10.5. The molecule has 2 saturated heterocycles. The van der Waals surface area contributed by atoms with Crippen molar-refractivity contribution in [3.63, 3.8) is 0 Å². The molecule has 2 atom stereocenters. The molecule has 0 spiro atoms. The average molecular weight is 428 g/mol. The second-order valence-electron chi connectivity index (χ2n) is 9.02. The molecule has 1 amide bonds. The van der Waals surface area contributed by atoms with Gasteiger partial charge in [0.25, 0.3) is 0 Å². The molecule has 6 nitrogen and oxygen atoms in total. The Bertz CT molecular complexity index is 863. The zero-order valence-corrected chi connectivity index (χ0v) is 19.1. The van der Waals surface area contributed by atoms with Gasteiger partial charge in [0.2, 0.25) is 5.91 Å². The Balaban J connectivity index is 1.40. The van der Waals surface area contributed by atoms with E-state index in [0.29, 0.717) is 38.1 Å². The van der Waals surface area contributed by atoms with Crippen LogP contribution in [0.1, 0.15) is 38.5 Å². The van der Waals surface area contributed by atoms with Crippen molar-refractivity contribution in [3.8, 4) is 5.75 Å². The third-order valence-electron chi connectivity index (χ3n) is 7.15. The van der Waals surface area contributed by atoms with Crippen molar-refractivity contribution < 1.29 is 14.3 Å². The normalized spacial score (nSPS) is 21.7. The van der Waals surface area contributed by atoms with E-state index in [4.69, 9.17) is 9.47 Å². The van der Waals surface area contributed by atoms with Gasteiger partial charge >= 0.3 is 0 Å². The molecule has 2 aliphatic rings. The Morgan fingerprint density at radius 2 is 2.00 bits per heavy atom. The van der Waals surface area contributed by atoms with Gasteiger partial charge in [0.1, 0.15) is 5.75 Å². The molecule has 0 aliphatic carbocycles. The number of carbonyl (C=O) groups excluding carboxylic acids is 1. The van der Waals surface area contributed by atoms with Crippen molar-refractivity contribution in [2.75, 3.05) is 47.0 Å². The number of rotatable bonds is 9. The van der Waals surface area contributed by atoms with Crippen molar-refractivity contribution in [2.45, 2.75) is 51.1 Å². The summed E-state index contributed by atoms with van der Waals surface area (Å²) in [6.45, 7) is 5.31. The molecule has 2 aliphatic heterocycles. The molecule has 0 unspecified atom stereocenters. The number of fused-ring (bicyclic) bond motifs is 2. The summed E-state index contributed by atoms with van der Waals surface area (Å²) in [7, 11) is 3.40. The van der Waals surface area contributed by atoms with Crippen LogP contribution in [0.3, 0.4) is 0 Å². The minimum Gasteiger partial charge on any atom is -0.497 e. The SMILES string of the molecule is COCCN(C[C@@H]1CCCN2CCCC[C@H]12)C(=O)CCn1ccc2cc(OC)ccc21. The largest absolute Gasteiger partial charge is 0.497 e. The standard InChI is InChI=1S/C25H37N3O3/c1-30-17-16-28(19-21-6-5-13-26-12-4-3-7-23(21)26)25(29)11-15-27-14-10-20-18-22(31-2)8-9-24(20)27/h8-10,14,18,21,23H,3-7,11-13,15-17,19H2,1-2H3/t21-,23+/m0/s1. The molecule has 3 heterocycles. The van der Waals surface area contributed by atoms with E-state index < -0.39 is 0 Å². The molecule has 1 aromatic carbocycles. The maximum atomic E-state index is 13.2. The summed E-state index contributed by atoms with van der Waals surface area (Å²) < 4.78 is 12.8. The lowest BCUT2D eigenvalue weighted by Gasteiger charge is -2.45. The van der Waals surface area contributed by atoms with E-state index in [1.165, 1.54) is 45.2 Å². The van der Waals surface area contributed by atoms with Gasteiger partial charge in [-0.2, -0.15) is 0 Å². The molecule has 0 saturated carbocycles. The number of nitrogens with zero attached hydrogens (tertiary/aromatic N) is 3. The Kier molecular flexibility index (Phi) is 7.51. The maximum absolute atomic E-state index is 13.2. The topological polar surface area (TPSA) is 46.9 Å². The highest BCUT2D eigenvalue weighted by molar-refractivity contribution is 5.82. The first-order chi connectivity index (χ1) is 15.2. The van der Waals surface area contributed by atoms with Crippen molar-refractivity contribution in [1.82, 2.24) is 14.4 Å². The Labute approximate surface area is 186 Å². The molecule has 31 heavy (non-hydrogen) atoms. The van der Waals surface area contributed by atoms with Gasteiger partial charge in [0, 0.05) is 56.3 Å². The summed E-state index contributed by atoms with van der Waals surface area (Å²) in [5, 5.41) is 1.14. The summed E-state index contributed by atoms with van der Waals surface area (Å²) in [5.41, 5.74) is 1.14. The molecule has 4 rings (SSSR count). The van der Waals surface area contributed by atoms with Crippen molar-refractivity contribution >= 4 is 16.8 Å². The van der Waals surface area contributed by atoms with Crippen molar-refractivity contribution in [3.05, 3.63) is 30.5 Å². The maximum Gasteiger partial charge on any atom is 0.224 e. The first-order valence-corrected chi connectivity index (χ1v) is 11.8. The average Bonchev–Trinajstić information content (AvgIpc) is 3.22. The number of carbonyl (C=O) groups is 1. The molecule has 0 bridgehead atoms. The smallest absolute Gasteiger partial charge is 0.224 e. The van der Waals surface area contributed by atoms with E-state index in [9.17, 15) is 4.79 Å². The quantitative estimate of drug-likeness (QED) is 0.611. The second-order valence-corrected chi connectivity index (χ2v) is 9.02. The Hall–Kier alpha value is -2.05. The van der Waals surface area contributed by atoms with E-state index in [0.717, 1.165) is 23.2 Å². The van der Waals surface area contributed by atoms with Gasteiger partial charge in [0.15, 0.2) is 0 Å². The van der Waals surface area contributed by atoms with Gasteiger partial charge in [-0.25, -0.2) is 0 Å². The molecule has 0 radical (unpaired) electrons. The fourth-order valence-electron chi connectivity index (χ4n) is 5.47. The van der Waals surface area contributed by atoms with Gasteiger partial charge in [-0.3, -0.25) is 4.79 Å². The van der Waals surface area contributed by atoms with Crippen LogP contribution in [0.15, 0.2) is 30.5 Å². The fourth-order valence-corrected chi connectivity index (χ4v) is 5.47. The minimum absolute atomic E-state index is 0.236. The van der Waals surface area contributed by atoms with Crippen LogP contribution in [0.4, 0.5) is 0 Å². The van der Waals surface area contributed by atoms with Gasteiger partial charge in [-0.1, -0.05) is 6.42 Å². The lowest BCUT2D eigenvalue weighted by atomic mass is 9.83. The molecular formula is C25H37N3O3. The number of benzene rings is 1. The number of aromatic nitrogens is 1. The molecule has 1 aromatic heterocycles. The van der Waals surface area contributed by atoms with Crippen LogP contribution in [0.5, 0.6) is 5.75 Å². The molecule has 2 aromatic rings. The number of aryl methyl sites for hydroxylation is 1. The van der Waals surface area contributed by atoms with Crippen molar-refractivity contribution in [1.29, 1.82) is 0 Å². The van der Waals surface area contributed by atoms with Crippen LogP contribution in [-0.2, 0) is 16.1 Å². The summed E-state index contributed by atoms with van der Waals surface area (Å²) in [4.78, 5) is 18.0. The summed E-state index contributed by atoms with van der Waals surface area (Å²) >= 11 is 0. The number of methoxy groups -OCH3 is 2. The molecular weight excluding hydrogens is 390 g/mol. The van der Waals surface area contributed by atoms with Crippen LogP contribution in [0.2, 0.25) is 0 Å². The van der Waals surface area contributed by atoms with Crippen LogP contribution in [0, 0.1) is 5.92 Å². The Morgan fingerprint density at radius 1 is 1.13 bits per heavy atom. The van der Waals surface area contributed by atoms with Crippen LogP contribution in [-0.4, -0.2) is 73.3 Å². The van der Waals surface area contributed by atoms with Gasteiger partial charge in [0.05, 0.1) is 13.7 Å². The zero-order valence-electron chi connectivity index (χ0n) is 19.1. The van der Waals surface area contributed by atoms with E-state index in [1.54, 1.807) is 14.2 Å². The van der Waals surface area contributed by atoms with Gasteiger partial charge in [-0.05, 0) is 69.0 Å². The van der Waals surface area contributed by atoms with Crippen LogP contribution in [0.25, 0.3) is 10.9 Å². The summed E-state index contributed by atoms with van der Waals surface area (Å²) in [6.07, 6.45) is 9.02. The predicted octanol–water partition coefficient (Wildman–Crippen LogP) is 3.78. The van der Waals surface area contributed by atoms with E-state index in [2.05, 4.69) is 32.7 Å². The Morgan fingerprint density at radius 3 is 2.84 bits per heavy atom. The third kappa shape index (κ3) is 5.24. The van der Waals surface area contributed by atoms with E-state index in [-0.39, 0.29) is 5.91 Å². The lowest BCUT2D eigenvalue weighted by molar-refractivity contribution is -0.133. The zero-order chi connectivity index (χ0) is 21.6. The summed E-state index contributed by atoms with van der Waals surface area (Å²) in [6, 6.07) is 8.83. The fraction of sp³-hybridized carbons (Fsp3) is 0.640. The summed E-state index contributed by atoms with van der Waals surface area (Å²) in [5.74, 6) is 1.69. The first-order valence-electron chi connectivity index (χ1n) is 11.8. The van der Waals surface area contributed by atoms with E-state index in [1.807, 2.05) is 12.1 Å².